The first-order chi connectivity index (χ1) is 5.91. The molecule has 1 heterocycles. The second kappa shape index (κ2) is 3.75. The standard InChI is InChI=1S/C10H20N2/c1-2-5-10(6-3-1)9-11-7-4-8-12-10/h11-12H,1-9H2. The molecule has 2 nitrogen and oxygen atoms in total. The van der Waals surface area contributed by atoms with Crippen molar-refractivity contribution in [2.24, 2.45) is 0 Å². The van der Waals surface area contributed by atoms with Crippen LogP contribution >= 0.6 is 0 Å². The molecule has 0 amide bonds. The van der Waals surface area contributed by atoms with E-state index in [2.05, 4.69) is 10.6 Å². The lowest BCUT2D eigenvalue weighted by Crippen LogP contribution is -2.51. The van der Waals surface area contributed by atoms with Crippen LogP contribution in [0.5, 0.6) is 0 Å². The fourth-order valence-corrected chi connectivity index (χ4v) is 2.54. The van der Waals surface area contributed by atoms with Gasteiger partial charge in [-0.1, -0.05) is 19.3 Å². The topological polar surface area (TPSA) is 24.1 Å². The molecule has 0 aromatic heterocycles. The van der Waals surface area contributed by atoms with Gasteiger partial charge in [0.2, 0.25) is 0 Å². The maximum atomic E-state index is 3.73. The zero-order chi connectivity index (χ0) is 8.28. The molecule has 1 aliphatic heterocycles. The van der Waals surface area contributed by atoms with Crippen LogP contribution in [0, 0.1) is 0 Å². The molecule has 0 aromatic rings. The maximum Gasteiger partial charge on any atom is 0.0306 e. The predicted octanol–water partition coefficient (Wildman–Crippen LogP) is 1.27. The smallest absolute Gasteiger partial charge is 0.0306 e. The number of hydrogen-bond donors (Lipinski definition) is 2. The second-order valence-corrected chi connectivity index (χ2v) is 4.30. The van der Waals surface area contributed by atoms with E-state index in [0.29, 0.717) is 5.54 Å². The lowest BCUT2D eigenvalue weighted by molar-refractivity contribution is 0.239. The van der Waals surface area contributed by atoms with Gasteiger partial charge in [-0.2, -0.15) is 0 Å². The third kappa shape index (κ3) is 1.80. The Morgan fingerprint density at radius 1 is 0.833 bits per heavy atom. The minimum Gasteiger partial charge on any atom is -0.315 e. The van der Waals surface area contributed by atoms with Crippen LogP contribution < -0.4 is 10.6 Å². The largest absolute Gasteiger partial charge is 0.315 e. The molecule has 2 aliphatic rings. The van der Waals surface area contributed by atoms with Gasteiger partial charge in [-0.15, -0.1) is 0 Å². The quantitative estimate of drug-likeness (QED) is 0.569. The van der Waals surface area contributed by atoms with Gasteiger partial charge in [0.25, 0.3) is 0 Å². The molecule has 1 spiro atoms. The van der Waals surface area contributed by atoms with E-state index in [9.17, 15) is 0 Å². The fourth-order valence-electron chi connectivity index (χ4n) is 2.54. The van der Waals surface area contributed by atoms with E-state index in [0.717, 1.165) is 0 Å². The van der Waals surface area contributed by atoms with Crippen molar-refractivity contribution in [1.82, 2.24) is 10.6 Å². The highest BCUT2D eigenvalue weighted by atomic mass is 15.1. The molecule has 1 saturated carbocycles. The Balaban J connectivity index is 1.95. The minimum absolute atomic E-state index is 0.481. The SMILES string of the molecule is C1CCC2(CC1)CNCCCN2. The van der Waals surface area contributed by atoms with Gasteiger partial charge in [0.05, 0.1) is 0 Å². The highest BCUT2D eigenvalue weighted by Crippen LogP contribution is 2.28. The van der Waals surface area contributed by atoms with E-state index < -0.39 is 0 Å². The van der Waals surface area contributed by atoms with Crippen molar-refractivity contribution < 1.29 is 0 Å². The van der Waals surface area contributed by atoms with Crippen LogP contribution in [0.15, 0.2) is 0 Å². The molecule has 2 rings (SSSR count). The summed E-state index contributed by atoms with van der Waals surface area (Å²) in [6, 6.07) is 0. The van der Waals surface area contributed by atoms with E-state index in [1.54, 1.807) is 0 Å². The molecule has 70 valence electrons. The molecule has 0 aromatic carbocycles. The van der Waals surface area contributed by atoms with Gasteiger partial charge in [0.15, 0.2) is 0 Å². The molecule has 1 saturated heterocycles. The first-order valence-corrected chi connectivity index (χ1v) is 5.37. The highest BCUT2D eigenvalue weighted by Gasteiger charge is 2.31. The third-order valence-corrected chi connectivity index (χ3v) is 3.30. The van der Waals surface area contributed by atoms with Crippen LogP contribution in [-0.2, 0) is 0 Å². The van der Waals surface area contributed by atoms with Gasteiger partial charge < -0.3 is 10.6 Å². The van der Waals surface area contributed by atoms with Gasteiger partial charge in [-0.25, -0.2) is 0 Å². The van der Waals surface area contributed by atoms with Crippen LogP contribution in [0.25, 0.3) is 0 Å². The Morgan fingerprint density at radius 3 is 2.50 bits per heavy atom. The Morgan fingerprint density at radius 2 is 1.67 bits per heavy atom. The number of nitrogens with one attached hydrogen (secondary N) is 2. The normalized spacial score (nSPS) is 30.0. The van der Waals surface area contributed by atoms with Gasteiger partial charge >= 0.3 is 0 Å². The minimum atomic E-state index is 0.481. The molecule has 0 radical (unpaired) electrons. The van der Waals surface area contributed by atoms with Crippen LogP contribution in [-0.4, -0.2) is 25.2 Å². The molecule has 0 bridgehead atoms. The Kier molecular flexibility index (Phi) is 2.66. The zero-order valence-corrected chi connectivity index (χ0v) is 7.86. The van der Waals surface area contributed by atoms with E-state index in [-0.39, 0.29) is 0 Å². The van der Waals surface area contributed by atoms with E-state index in [4.69, 9.17) is 0 Å². The van der Waals surface area contributed by atoms with Crippen molar-refractivity contribution >= 4 is 0 Å². The van der Waals surface area contributed by atoms with Gasteiger partial charge in [0, 0.05) is 12.1 Å². The van der Waals surface area contributed by atoms with Gasteiger partial charge in [0.1, 0.15) is 0 Å². The summed E-state index contributed by atoms with van der Waals surface area (Å²) in [6.07, 6.45) is 8.37. The highest BCUT2D eigenvalue weighted by molar-refractivity contribution is 4.94. The van der Waals surface area contributed by atoms with Crippen LogP contribution in [0.2, 0.25) is 0 Å². The van der Waals surface area contributed by atoms with E-state index in [1.807, 2.05) is 0 Å². The maximum absolute atomic E-state index is 3.73. The fraction of sp³-hybridized carbons (Fsp3) is 1.00. The summed E-state index contributed by atoms with van der Waals surface area (Å²) >= 11 is 0. The van der Waals surface area contributed by atoms with E-state index >= 15 is 0 Å². The molecule has 0 atom stereocenters. The molecular weight excluding hydrogens is 148 g/mol. The summed E-state index contributed by atoms with van der Waals surface area (Å²) in [4.78, 5) is 0. The van der Waals surface area contributed by atoms with Crippen LogP contribution in [0.4, 0.5) is 0 Å². The van der Waals surface area contributed by atoms with Crippen LogP contribution in [0.3, 0.4) is 0 Å². The van der Waals surface area contributed by atoms with Gasteiger partial charge in [-0.3, -0.25) is 0 Å². The average Bonchev–Trinajstić information content (AvgIpc) is 2.33. The monoisotopic (exact) mass is 168 g/mol. The number of hydrogen-bond acceptors (Lipinski definition) is 2. The molecule has 12 heavy (non-hydrogen) atoms. The first kappa shape index (κ1) is 8.52. The average molecular weight is 168 g/mol. The summed E-state index contributed by atoms with van der Waals surface area (Å²) in [5.74, 6) is 0. The summed E-state index contributed by atoms with van der Waals surface area (Å²) in [7, 11) is 0. The Labute approximate surface area is 75.1 Å². The van der Waals surface area contributed by atoms with Crippen molar-refractivity contribution in [3.05, 3.63) is 0 Å². The summed E-state index contributed by atoms with van der Waals surface area (Å²) < 4.78 is 0. The molecule has 2 heteroatoms. The van der Waals surface area contributed by atoms with Crippen molar-refractivity contribution in [1.29, 1.82) is 0 Å². The zero-order valence-electron chi connectivity index (χ0n) is 7.86. The van der Waals surface area contributed by atoms with Crippen molar-refractivity contribution in [3.63, 3.8) is 0 Å². The van der Waals surface area contributed by atoms with E-state index in [1.165, 1.54) is 58.2 Å². The lowest BCUT2D eigenvalue weighted by Gasteiger charge is -2.37. The molecular formula is C10H20N2. The molecule has 0 unspecified atom stereocenters. The van der Waals surface area contributed by atoms with Crippen molar-refractivity contribution in [2.45, 2.75) is 44.1 Å². The molecule has 1 aliphatic carbocycles. The predicted molar refractivity (Wildman–Crippen MR) is 51.3 cm³/mol. The summed E-state index contributed by atoms with van der Waals surface area (Å²) in [5.41, 5.74) is 0.481. The first-order valence-electron chi connectivity index (χ1n) is 5.37. The summed E-state index contributed by atoms with van der Waals surface area (Å²) in [5, 5.41) is 7.28. The second-order valence-electron chi connectivity index (χ2n) is 4.30. The van der Waals surface area contributed by atoms with Crippen molar-refractivity contribution in [3.8, 4) is 0 Å². The third-order valence-electron chi connectivity index (χ3n) is 3.30. The van der Waals surface area contributed by atoms with Crippen molar-refractivity contribution in [2.75, 3.05) is 19.6 Å². The van der Waals surface area contributed by atoms with Crippen LogP contribution in [0.1, 0.15) is 38.5 Å². The molecule has 2 N–H and O–H groups in total. The number of rotatable bonds is 0. The molecule has 2 fully saturated rings. The lowest BCUT2D eigenvalue weighted by atomic mass is 9.82. The van der Waals surface area contributed by atoms with Gasteiger partial charge in [-0.05, 0) is 32.4 Å². The Bertz CT molecular complexity index is 129. The summed E-state index contributed by atoms with van der Waals surface area (Å²) in [6.45, 7) is 3.62. The Hall–Kier alpha value is -0.0800.